The summed E-state index contributed by atoms with van der Waals surface area (Å²) in [5.74, 6) is -0.971. The van der Waals surface area contributed by atoms with Crippen LogP contribution < -0.4 is 0 Å². The van der Waals surface area contributed by atoms with Crippen molar-refractivity contribution in [3.05, 3.63) is 85.1 Å². The number of hydrogen-bond donors (Lipinski definition) is 0. The van der Waals surface area contributed by atoms with Crippen LogP contribution >= 0.6 is 0 Å². The molecular weight excluding hydrogens is 805 g/mol. The van der Waals surface area contributed by atoms with E-state index in [0.717, 1.165) is 103 Å². The lowest BCUT2D eigenvalue weighted by Gasteiger charge is -2.18. The summed E-state index contributed by atoms with van der Waals surface area (Å²) in [5, 5.41) is 0. The molecule has 6 nitrogen and oxygen atoms in total. The molecule has 0 aliphatic rings. The van der Waals surface area contributed by atoms with Gasteiger partial charge in [0.2, 0.25) is 0 Å². The Morgan fingerprint density at radius 3 is 0.938 bits per heavy atom. The average Bonchev–Trinajstić information content (AvgIpc) is 3.30. The molecule has 0 aromatic rings. The Balaban J connectivity index is 4.50. The molecule has 0 unspecified atom stereocenters. The maximum Gasteiger partial charge on any atom is 0.306 e. The number of allylic oxidation sites excluding steroid dienone is 14. The Morgan fingerprint density at radius 2 is 0.554 bits per heavy atom. The molecule has 0 N–H and O–H groups in total. The molecular formula is C59H100O6. The number of carbonyl (C=O) groups excluding carboxylic acids is 3. The zero-order valence-corrected chi connectivity index (χ0v) is 42.5. The van der Waals surface area contributed by atoms with E-state index in [1.54, 1.807) is 0 Å². The number of carbonyl (C=O) groups is 3. The summed E-state index contributed by atoms with van der Waals surface area (Å²) in [7, 11) is 0. The predicted molar refractivity (Wildman–Crippen MR) is 279 cm³/mol. The third kappa shape index (κ3) is 51.4. The Labute approximate surface area is 401 Å². The molecule has 0 bridgehead atoms. The summed E-state index contributed by atoms with van der Waals surface area (Å²) in [5.41, 5.74) is 0. The third-order valence-electron chi connectivity index (χ3n) is 11.3. The van der Waals surface area contributed by atoms with Crippen LogP contribution in [-0.2, 0) is 28.6 Å². The maximum atomic E-state index is 12.8. The third-order valence-corrected chi connectivity index (χ3v) is 11.3. The summed E-state index contributed by atoms with van der Waals surface area (Å²) < 4.78 is 16.8. The Bertz CT molecular complexity index is 1270. The Kier molecular flexibility index (Phi) is 50.4. The number of unbranched alkanes of at least 4 members (excludes halogenated alkanes) is 23. The molecule has 0 radical (unpaired) electrons. The van der Waals surface area contributed by atoms with Crippen LogP contribution in [0.25, 0.3) is 0 Å². The number of ether oxygens (including phenoxy) is 3. The minimum absolute atomic E-state index is 0.104. The zero-order valence-electron chi connectivity index (χ0n) is 42.5. The molecule has 0 fully saturated rings. The second-order valence-electron chi connectivity index (χ2n) is 17.8. The normalized spacial score (nSPS) is 12.7. The lowest BCUT2D eigenvalue weighted by atomic mass is 10.1. The molecule has 0 heterocycles. The van der Waals surface area contributed by atoms with Gasteiger partial charge in [-0.3, -0.25) is 14.4 Å². The van der Waals surface area contributed by atoms with Gasteiger partial charge < -0.3 is 14.2 Å². The summed E-state index contributed by atoms with van der Waals surface area (Å²) in [6.45, 7) is 6.52. The van der Waals surface area contributed by atoms with Gasteiger partial charge in [0.25, 0.3) is 0 Å². The van der Waals surface area contributed by atoms with Gasteiger partial charge in [0.1, 0.15) is 13.2 Å². The highest BCUT2D eigenvalue weighted by Gasteiger charge is 2.19. The van der Waals surface area contributed by atoms with Crippen molar-refractivity contribution in [2.75, 3.05) is 13.2 Å². The van der Waals surface area contributed by atoms with E-state index in [1.807, 2.05) is 0 Å². The van der Waals surface area contributed by atoms with E-state index in [9.17, 15) is 14.4 Å². The van der Waals surface area contributed by atoms with Crippen molar-refractivity contribution < 1.29 is 28.6 Å². The molecule has 65 heavy (non-hydrogen) atoms. The highest BCUT2D eigenvalue weighted by Crippen LogP contribution is 2.13. The second kappa shape index (κ2) is 53.2. The molecule has 0 aliphatic carbocycles. The molecule has 0 saturated heterocycles. The fourth-order valence-electron chi connectivity index (χ4n) is 7.21. The standard InChI is InChI=1S/C59H100O6/c1-4-7-10-13-16-19-22-25-28-29-32-34-37-40-43-46-49-52-58(61)64-55-56(65-59(62)53-50-47-44-41-38-35-31-27-24-21-18-15-12-9-6-3)54-63-57(60)51-48-45-42-39-36-33-30-26-23-20-17-14-11-8-5-2/h16,18-19,21,25-28,30-32,34,38,41,56H,4-15,17,20,22-24,29,33,35-37,39-40,42-55H2,1-3H3/b19-16-,21-18-,28-25-,30-26-,31-27-,34-32-,41-38-/t56-/m0/s1. The first-order valence-corrected chi connectivity index (χ1v) is 27.1. The van der Waals surface area contributed by atoms with Crippen molar-refractivity contribution >= 4 is 17.9 Å². The van der Waals surface area contributed by atoms with E-state index in [0.29, 0.717) is 19.3 Å². The van der Waals surface area contributed by atoms with Crippen molar-refractivity contribution in [1.29, 1.82) is 0 Å². The van der Waals surface area contributed by atoms with Gasteiger partial charge in [-0.25, -0.2) is 0 Å². The molecule has 372 valence electrons. The van der Waals surface area contributed by atoms with Gasteiger partial charge in [0, 0.05) is 19.3 Å². The van der Waals surface area contributed by atoms with E-state index in [-0.39, 0.29) is 37.5 Å². The van der Waals surface area contributed by atoms with Crippen molar-refractivity contribution in [3.63, 3.8) is 0 Å². The van der Waals surface area contributed by atoms with Crippen LogP contribution in [0.5, 0.6) is 0 Å². The smallest absolute Gasteiger partial charge is 0.306 e. The van der Waals surface area contributed by atoms with Crippen molar-refractivity contribution in [1.82, 2.24) is 0 Å². The molecule has 0 saturated carbocycles. The van der Waals surface area contributed by atoms with E-state index < -0.39 is 6.10 Å². The minimum atomic E-state index is -0.809. The summed E-state index contributed by atoms with van der Waals surface area (Å²) in [6.07, 6.45) is 68.5. The van der Waals surface area contributed by atoms with Crippen LogP contribution in [0.4, 0.5) is 0 Å². The summed E-state index contributed by atoms with van der Waals surface area (Å²) in [6, 6.07) is 0. The van der Waals surface area contributed by atoms with Gasteiger partial charge in [-0.05, 0) is 122 Å². The number of esters is 3. The van der Waals surface area contributed by atoms with Crippen LogP contribution in [0, 0.1) is 0 Å². The van der Waals surface area contributed by atoms with Gasteiger partial charge in [-0.15, -0.1) is 0 Å². The molecule has 6 heteroatoms. The first kappa shape index (κ1) is 61.6. The monoisotopic (exact) mass is 905 g/mol. The van der Waals surface area contributed by atoms with E-state index in [4.69, 9.17) is 14.2 Å². The van der Waals surface area contributed by atoms with Crippen LogP contribution in [0.1, 0.15) is 252 Å². The molecule has 0 aliphatic heterocycles. The topological polar surface area (TPSA) is 78.9 Å². The van der Waals surface area contributed by atoms with Gasteiger partial charge in [0.05, 0.1) is 0 Å². The second-order valence-corrected chi connectivity index (χ2v) is 17.8. The first-order valence-electron chi connectivity index (χ1n) is 27.1. The highest BCUT2D eigenvalue weighted by atomic mass is 16.6. The summed E-state index contributed by atoms with van der Waals surface area (Å²) in [4.78, 5) is 38.0. The van der Waals surface area contributed by atoms with Crippen LogP contribution in [0.2, 0.25) is 0 Å². The molecule has 0 rings (SSSR count). The lowest BCUT2D eigenvalue weighted by molar-refractivity contribution is -0.167. The molecule has 0 aromatic carbocycles. The summed E-state index contributed by atoms with van der Waals surface area (Å²) >= 11 is 0. The molecule has 0 amide bonds. The Morgan fingerprint density at radius 1 is 0.308 bits per heavy atom. The number of rotatable bonds is 48. The quantitative estimate of drug-likeness (QED) is 0.0262. The van der Waals surface area contributed by atoms with E-state index in [2.05, 4.69) is 106 Å². The molecule has 0 spiro atoms. The van der Waals surface area contributed by atoms with Gasteiger partial charge >= 0.3 is 17.9 Å². The highest BCUT2D eigenvalue weighted by molar-refractivity contribution is 5.71. The van der Waals surface area contributed by atoms with E-state index >= 15 is 0 Å². The fraction of sp³-hybridized carbons (Fsp3) is 0.712. The largest absolute Gasteiger partial charge is 0.462 e. The fourth-order valence-corrected chi connectivity index (χ4v) is 7.21. The van der Waals surface area contributed by atoms with Gasteiger partial charge in [0.15, 0.2) is 6.10 Å². The lowest BCUT2D eigenvalue weighted by Crippen LogP contribution is -2.30. The van der Waals surface area contributed by atoms with Gasteiger partial charge in [-0.1, -0.05) is 196 Å². The first-order chi connectivity index (χ1) is 32.0. The molecule has 1 atom stereocenters. The predicted octanol–water partition coefficient (Wildman–Crippen LogP) is 18.0. The minimum Gasteiger partial charge on any atom is -0.462 e. The molecule has 0 aromatic heterocycles. The Hall–Kier alpha value is -3.41. The maximum absolute atomic E-state index is 12.8. The van der Waals surface area contributed by atoms with Crippen LogP contribution in [-0.4, -0.2) is 37.2 Å². The average molecular weight is 905 g/mol. The van der Waals surface area contributed by atoms with Gasteiger partial charge in [-0.2, -0.15) is 0 Å². The van der Waals surface area contributed by atoms with Crippen molar-refractivity contribution in [3.8, 4) is 0 Å². The van der Waals surface area contributed by atoms with Crippen molar-refractivity contribution in [2.24, 2.45) is 0 Å². The number of hydrogen-bond acceptors (Lipinski definition) is 6. The SMILES string of the molecule is CCCCC/C=C\C/C=C\C/C=C\CCCCCCC(=O)OC[C@H](COC(=O)CCCCCCC/C=C\CCCCCCCC)OC(=O)CCCC/C=C\C/C=C\C/C=C\CCCCC. The van der Waals surface area contributed by atoms with Crippen molar-refractivity contribution in [2.45, 2.75) is 258 Å². The zero-order chi connectivity index (χ0) is 47.2. The van der Waals surface area contributed by atoms with Crippen LogP contribution in [0.3, 0.4) is 0 Å². The van der Waals surface area contributed by atoms with E-state index in [1.165, 1.54) is 103 Å². The van der Waals surface area contributed by atoms with Crippen LogP contribution in [0.15, 0.2) is 85.1 Å².